The zero-order valence-corrected chi connectivity index (χ0v) is 52.7. The number of rotatable bonds is 58. The largest absolute Gasteiger partial charge is 0.472 e. The smallest absolute Gasteiger partial charge is 0.387 e. The molecule has 0 saturated carbocycles. The molecule has 0 aromatic rings. The average molecular weight is 1120 g/mol. The van der Waals surface area contributed by atoms with Gasteiger partial charge in [0.2, 0.25) is 5.91 Å². The first-order valence-electron chi connectivity index (χ1n) is 32.4. The summed E-state index contributed by atoms with van der Waals surface area (Å²) in [4.78, 5) is 23.4. The molecular formula is C70H124N2O6P+. The Labute approximate surface area is 488 Å². The second-order valence-corrected chi connectivity index (χ2v) is 24.2. The summed E-state index contributed by atoms with van der Waals surface area (Å²) in [5.74, 6) is -0.198. The van der Waals surface area contributed by atoms with Gasteiger partial charge in [0.15, 0.2) is 0 Å². The number of aliphatic hydroxyl groups is 1. The molecule has 0 spiro atoms. The minimum absolute atomic E-state index is 0.0513. The molecule has 8 nitrogen and oxygen atoms in total. The molecule has 9 heteroatoms. The van der Waals surface area contributed by atoms with Crippen molar-refractivity contribution < 1.29 is 32.9 Å². The Bertz CT molecular complexity index is 1700. The van der Waals surface area contributed by atoms with Crippen molar-refractivity contribution in [1.29, 1.82) is 0 Å². The summed E-state index contributed by atoms with van der Waals surface area (Å²) in [5.41, 5.74) is 0. The number of amides is 1. The number of nitrogens with zero attached hydrogens (tertiary/aromatic N) is 1. The summed E-state index contributed by atoms with van der Waals surface area (Å²) < 4.78 is 23.8. The van der Waals surface area contributed by atoms with Gasteiger partial charge in [-0.25, -0.2) is 4.57 Å². The third-order valence-corrected chi connectivity index (χ3v) is 14.9. The molecule has 79 heavy (non-hydrogen) atoms. The number of carbonyl (C=O) groups is 1. The van der Waals surface area contributed by atoms with Crippen LogP contribution in [0.4, 0.5) is 0 Å². The van der Waals surface area contributed by atoms with Crippen LogP contribution >= 0.6 is 7.82 Å². The van der Waals surface area contributed by atoms with Crippen LogP contribution in [-0.4, -0.2) is 73.4 Å². The van der Waals surface area contributed by atoms with Gasteiger partial charge in [-0.15, -0.1) is 0 Å². The summed E-state index contributed by atoms with van der Waals surface area (Å²) in [6.45, 7) is 4.70. The Kier molecular flexibility index (Phi) is 57.2. The van der Waals surface area contributed by atoms with E-state index in [1.54, 1.807) is 6.08 Å². The van der Waals surface area contributed by atoms with Crippen LogP contribution in [0.5, 0.6) is 0 Å². The van der Waals surface area contributed by atoms with Crippen LogP contribution in [0.1, 0.15) is 264 Å². The zero-order chi connectivity index (χ0) is 57.7. The van der Waals surface area contributed by atoms with Gasteiger partial charge in [-0.3, -0.25) is 13.8 Å². The van der Waals surface area contributed by atoms with Crippen molar-refractivity contribution in [3.8, 4) is 0 Å². The molecular weight excluding hydrogens is 996 g/mol. The first kappa shape index (κ1) is 75.9. The van der Waals surface area contributed by atoms with Gasteiger partial charge in [0.1, 0.15) is 13.2 Å². The summed E-state index contributed by atoms with van der Waals surface area (Å²) >= 11 is 0. The molecule has 3 unspecified atom stereocenters. The summed E-state index contributed by atoms with van der Waals surface area (Å²) in [5, 5.41) is 14.0. The van der Waals surface area contributed by atoms with E-state index in [1.165, 1.54) is 128 Å². The number of phosphoric acid groups is 1. The van der Waals surface area contributed by atoms with Gasteiger partial charge in [-0.05, 0) is 89.9 Å². The molecule has 3 N–H and O–H groups in total. The lowest BCUT2D eigenvalue weighted by atomic mass is 10.0. The van der Waals surface area contributed by atoms with E-state index in [1.807, 2.05) is 27.2 Å². The molecule has 0 rings (SSSR count). The number of likely N-dealkylation sites (N-methyl/N-ethyl adjacent to an activating group) is 1. The molecule has 454 valence electrons. The minimum atomic E-state index is -4.37. The minimum Gasteiger partial charge on any atom is -0.387 e. The van der Waals surface area contributed by atoms with Crippen LogP contribution in [0.15, 0.2) is 122 Å². The van der Waals surface area contributed by atoms with Crippen molar-refractivity contribution in [2.45, 2.75) is 276 Å². The maximum absolute atomic E-state index is 13.0. The normalized spacial score (nSPS) is 14.6. The van der Waals surface area contributed by atoms with E-state index in [-0.39, 0.29) is 19.1 Å². The molecule has 0 heterocycles. The van der Waals surface area contributed by atoms with Crippen molar-refractivity contribution in [3.05, 3.63) is 122 Å². The highest BCUT2D eigenvalue weighted by atomic mass is 31.2. The predicted molar refractivity (Wildman–Crippen MR) is 345 cm³/mol. The Morgan fingerprint density at radius 1 is 0.443 bits per heavy atom. The zero-order valence-electron chi connectivity index (χ0n) is 51.8. The third-order valence-electron chi connectivity index (χ3n) is 13.9. The van der Waals surface area contributed by atoms with Crippen LogP contribution < -0.4 is 5.32 Å². The van der Waals surface area contributed by atoms with E-state index in [4.69, 9.17) is 9.05 Å². The number of nitrogens with one attached hydrogen (secondary N) is 1. The third kappa shape index (κ3) is 62.4. The van der Waals surface area contributed by atoms with E-state index in [0.29, 0.717) is 17.4 Å². The number of phosphoric ester groups is 1. The number of unbranched alkanes of at least 4 members (excludes halogenated alkanes) is 27. The molecule has 0 aliphatic heterocycles. The van der Waals surface area contributed by atoms with E-state index >= 15 is 0 Å². The molecule has 0 aliphatic rings. The molecule has 1 amide bonds. The Morgan fingerprint density at radius 3 is 1.11 bits per heavy atom. The fourth-order valence-electron chi connectivity index (χ4n) is 8.92. The summed E-state index contributed by atoms with van der Waals surface area (Å²) in [7, 11) is 1.55. The van der Waals surface area contributed by atoms with Gasteiger partial charge >= 0.3 is 7.82 Å². The van der Waals surface area contributed by atoms with Crippen molar-refractivity contribution in [3.63, 3.8) is 0 Å². The number of carbonyl (C=O) groups excluding carboxylic acids is 1. The van der Waals surface area contributed by atoms with Crippen LogP contribution in [0.25, 0.3) is 0 Å². The first-order chi connectivity index (χ1) is 38.5. The highest BCUT2D eigenvalue weighted by Gasteiger charge is 2.27. The fourth-order valence-corrected chi connectivity index (χ4v) is 9.65. The summed E-state index contributed by atoms with van der Waals surface area (Å²) in [6, 6.07) is -0.868. The van der Waals surface area contributed by atoms with Gasteiger partial charge in [-0.2, -0.15) is 0 Å². The Hall–Kier alpha value is -3.10. The van der Waals surface area contributed by atoms with Crippen molar-refractivity contribution >= 4 is 13.7 Å². The lowest BCUT2D eigenvalue weighted by Gasteiger charge is -2.25. The van der Waals surface area contributed by atoms with Crippen LogP contribution in [-0.2, 0) is 18.4 Å². The molecule has 0 radical (unpaired) electrons. The molecule has 3 atom stereocenters. The molecule has 0 bridgehead atoms. The predicted octanol–water partition coefficient (Wildman–Crippen LogP) is 20.5. The van der Waals surface area contributed by atoms with Crippen molar-refractivity contribution in [1.82, 2.24) is 5.32 Å². The number of hydrogen-bond acceptors (Lipinski definition) is 5. The number of aliphatic hydroxyl groups excluding tert-OH is 1. The van der Waals surface area contributed by atoms with E-state index < -0.39 is 20.0 Å². The topological polar surface area (TPSA) is 105 Å². The average Bonchev–Trinajstić information content (AvgIpc) is 3.42. The number of quaternary nitrogens is 1. The van der Waals surface area contributed by atoms with Crippen molar-refractivity contribution in [2.75, 3.05) is 40.9 Å². The molecule has 0 aromatic heterocycles. The fraction of sp³-hybridized carbons (Fsp3) is 0.700. The van der Waals surface area contributed by atoms with E-state index in [2.05, 4.69) is 129 Å². The van der Waals surface area contributed by atoms with Gasteiger partial charge < -0.3 is 19.8 Å². The first-order valence-corrected chi connectivity index (χ1v) is 33.9. The van der Waals surface area contributed by atoms with Gasteiger partial charge in [0, 0.05) is 6.42 Å². The summed E-state index contributed by atoms with van der Waals surface area (Å²) in [6.07, 6.45) is 88.8. The molecule has 0 aliphatic carbocycles. The van der Waals surface area contributed by atoms with Gasteiger partial charge in [-0.1, -0.05) is 289 Å². The number of hydrogen-bond donors (Lipinski definition) is 3. The number of allylic oxidation sites excluding steroid dienone is 19. The SMILES string of the molecule is CC/C=C\C/C=C\C/C=C\C/C=C\C/C=C\C/C=C\C/C=C\C/C=C\C/C=C\CCCCCCCC(=O)NC(COP(=O)(O)OCC[N+](C)(C)C)C(O)/C=C/CCCCCCCCCCCCCCCCCCCCCCCC. The monoisotopic (exact) mass is 1120 g/mol. The van der Waals surface area contributed by atoms with Crippen LogP contribution in [0.2, 0.25) is 0 Å². The lowest BCUT2D eigenvalue weighted by molar-refractivity contribution is -0.870. The second-order valence-electron chi connectivity index (χ2n) is 22.8. The molecule has 0 fully saturated rings. The standard InChI is InChI=1S/C70H123N2O6P/c1-6-8-10-12-14-16-18-20-22-24-26-28-30-32-33-34-35-36-37-38-39-40-42-44-46-48-50-52-54-56-58-60-62-64-70(74)71-68(67-78-79(75,76)77-66-65-72(3,4)5)69(73)63-61-59-57-55-53-51-49-47-45-43-41-31-29-27-25-23-21-19-17-15-13-11-9-7-2/h8,10,14,16,20,22,26,28,32-33,35-36,38-39,42,44,48,50,61,63,68-69,73H,6-7,9,11-13,15,17-19,21,23-25,27,29-31,34,37,40-41,43,45-47,49,51-60,62,64-67H2,1-5H3,(H-,71,74,75,76)/p+1/b10-8-,16-14-,22-20-,28-26-,33-32-,36-35-,39-38-,44-42-,50-48-,63-61+. The highest BCUT2D eigenvalue weighted by molar-refractivity contribution is 7.47. The maximum atomic E-state index is 13.0. The molecule has 0 aromatic carbocycles. The molecule has 0 saturated heterocycles. The van der Waals surface area contributed by atoms with Crippen LogP contribution in [0.3, 0.4) is 0 Å². The van der Waals surface area contributed by atoms with Gasteiger partial charge in [0.05, 0.1) is 39.9 Å². The lowest BCUT2D eigenvalue weighted by Crippen LogP contribution is -2.45. The maximum Gasteiger partial charge on any atom is 0.472 e. The van der Waals surface area contributed by atoms with Crippen molar-refractivity contribution in [2.24, 2.45) is 0 Å². The quantitative estimate of drug-likeness (QED) is 0.0243. The Morgan fingerprint density at radius 2 is 0.759 bits per heavy atom. The van der Waals surface area contributed by atoms with E-state index in [0.717, 1.165) is 116 Å². The van der Waals surface area contributed by atoms with Crippen LogP contribution in [0, 0.1) is 0 Å². The Balaban J connectivity index is 4.24. The second kappa shape index (κ2) is 59.5. The highest BCUT2D eigenvalue weighted by Crippen LogP contribution is 2.43. The van der Waals surface area contributed by atoms with Gasteiger partial charge in [0.25, 0.3) is 0 Å². The van der Waals surface area contributed by atoms with E-state index in [9.17, 15) is 19.4 Å².